The fraction of sp³-hybridized carbons (Fsp3) is 0.250. The Balaban J connectivity index is 1.90. The van der Waals surface area contributed by atoms with Crippen LogP contribution in [0, 0.1) is 10.1 Å². The van der Waals surface area contributed by atoms with Crippen LogP contribution in [0.25, 0.3) is 0 Å². The third kappa shape index (κ3) is 4.48. The minimum absolute atomic E-state index is 0.0323. The predicted octanol–water partition coefficient (Wildman–Crippen LogP) is 1.12. The Hall–Kier alpha value is -2.74. The highest BCUT2D eigenvalue weighted by Gasteiger charge is 2.27. The van der Waals surface area contributed by atoms with E-state index >= 15 is 0 Å². The second kappa shape index (κ2) is 7.94. The van der Waals surface area contributed by atoms with Crippen LogP contribution in [0.5, 0.6) is 5.75 Å². The van der Waals surface area contributed by atoms with Crippen molar-refractivity contribution in [2.24, 2.45) is 0 Å². The Kier molecular flexibility index (Phi) is 5.75. The molecule has 11 nitrogen and oxygen atoms in total. The van der Waals surface area contributed by atoms with Crippen molar-refractivity contribution < 1.29 is 31.6 Å². The molecule has 1 saturated heterocycles. The summed E-state index contributed by atoms with van der Waals surface area (Å²) in [5.41, 5.74) is -0.799. The molecule has 1 aliphatic heterocycles. The first-order valence-electron chi connectivity index (χ1n) is 8.29. The van der Waals surface area contributed by atoms with Crippen molar-refractivity contribution in [1.82, 2.24) is 4.31 Å². The zero-order valence-corrected chi connectivity index (χ0v) is 16.5. The van der Waals surface area contributed by atoms with E-state index in [1.54, 1.807) is 0 Å². The number of nitro groups is 1. The molecule has 2 aromatic carbocycles. The summed E-state index contributed by atoms with van der Waals surface area (Å²) in [6.45, 7) is 0.918. The van der Waals surface area contributed by atoms with Crippen molar-refractivity contribution in [2.75, 3.05) is 31.0 Å². The van der Waals surface area contributed by atoms with E-state index < -0.39 is 41.3 Å². The van der Waals surface area contributed by atoms with E-state index in [4.69, 9.17) is 4.74 Å². The Morgan fingerprint density at radius 1 is 1.03 bits per heavy atom. The van der Waals surface area contributed by atoms with Crippen molar-refractivity contribution in [1.29, 1.82) is 0 Å². The highest BCUT2D eigenvalue weighted by atomic mass is 32.2. The predicted molar refractivity (Wildman–Crippen MR) is 102 cm³/mol. The van der Waals surface area contributed by atoms with Gasteiger partial charge in [0.2, 0.25) is 10.0 Å². The summed E-state index contributed by atoms with van der Waals surface area (Å²) in [4.78, 5) is 9.45. The lowest BCUT2D eigenvalue weighted by Gasteiger charge is -2.26. The minimum Gasteiger partial charge on any atom is -0.502 e. The molecular weight excluding hydrogens is 426 g/mol. The van der Waals surface area contributed by atoms with Gasteiger partial charge >= 0.3 is 5.69 Å². The number of nitrogens with zero attached hydrogens (tertiary/aromatic N) is 2. The van der Waals surface area contributed by atoms with Crippen molar-refractivity contribution in [3.05, 3.63) is 52.6 Å². The first kappa shape index (κ1) is 21.0. The van der Waals surface area contributed by atoms with Crippen molar-refractivity contribution in [3.63, 3.8) is 0 Å². The van der Waals surface area contributed by atoms with Gasteiger partial charge in [0.05, 0.1) is 33.6 Å². The number of phenolic OH excluding ortho intramolecular Hbond substituents is 1. The maximum absolute atomic E-state index is 12.7. The van der Waals surface area contributed by atoms with Crippen LogP contribution in [0.3, 0.4) is 0 Å². The number of morpholine rings is 1. The van der Waals surface area contributed by atoms with E-state index in [1.807, 2.05) is 0 Å². The molecule has 0 amide bonds. The molecular formula is C16H17N3O8S2. The van der Waals surface area contributed by atoms with Crippen LogP contribution >= 0.6 is 0 Å². The van der Waals surface area contributed by atoms with Crippen molar-refractivity contribution in [3.8, 4) is 5.75 Å². The molecule has 1 fully saturated rings. The van der Waals surface area contributed by atoms with Gasteiger partial charge in [0.1, 0.15) is 0 Å². The third-order valence-corrected chi connectivity index (χ3v) is 7.42. The molecule has 0 unspecified atom stereocenters. The summed E-state index contributed by atoms with van der Waals surface area (Å²) >= 11 is 0. The van der Waals surface area contributed by atoms with E-state index in [1.165, 1.54) is 22.5 Å². The van der Waals surface area contributed by atoms with Gasteiger partial charge in [-0.15, -0.1) is 0 Å². The molecule has 2 aromatic rings. The van der Waals surface area contributed by atoms with Gasteiger partial charge in [-0.2, -0.15) is 4.31 Å². The molecule has 3 rings (SSSR count). The molecule has 156 valence electrons. The Morgan fingerprint density at radius 2 is 1.72 bits per heavy atom. The molecule has 0 bridgehead atoms. The molecule has 29 heavy (non-hydrogen) atoms. The summed E-state index contributed by atoms with van der Waals surface area (Å²) in [6.07, 6.45) is 0. The topological polar surface area (TPSA) is 156 Å². The van der Waals surface area contributed by atoms with Gasteiger partial charge in [-0.05, 0) is 30.3 Å². The lowest BCUT2D eigenvalue weighted by Crippen LogP contribution is -2.40. The van der Waals surface area contributed by atoms with E-state index in [9.17, 15) is 32.1 Å². The van der Waals surface area contributed by atoms with Crippen LogP contribution in [0.4, 0.5) is 11.4 Å². The fourth-order valence-electron chi connectivity index (χ4n) is 2.69. The van der Waals surface area contributed by atoms with Crippen LogP contribution < -0.4 is 4.72 Å². The number of benzene rings is 2. The first-order valence-corrected chi connectivity index (χ1v) is 11.2. The Bertz CT molecular complexity index is 1140. The fourth-order valence-corrected chi connectivity index (χ4v) is 5.21. The highest BCUT2D eigenvalue weighted by molar-refractivity contribution is 7.92. The van der Waals surface area contributed by atoms with Gasteiger partial charge in [0, 0.05) is 19.2 Å². The number of rotatable bonds is 6. The van der Waals surface area contributed by atoms with Gasteiger partial charge < -0.3 is 9.84 Å². The standard InChI is InChI=1S/C16H17N3O8S2/c20-16-5-4-13(11-15(16)19(21)22)28(23,24)17-12-2-1-3-14(10-12)29(25,26)18-6-8-27-9-7-18/h1-5,10-11,17,20H,6-9H2. The molecule has 0 aliphatic carbocycles. The summed E-state index contributed by atoms with van der Waals surface area (Å²) in [7, 11) is -8.10. The Morgan fingerprint density at radius 3 is 2.38 bits per heavy atom. The molecule has 1 aliphatic rings. The van der Waals surface area contributed by atoms with E-state index in [0.29, 0.717) is 6.07 Å². The lowest BCUT2D eigenvalue weighted by molar-refractivity contribution is -0.386. The van der Waals surface area contributed by atoms with Crippen molar-refractivity contribution in [2.45, 2.75) is 9.79 Å². The second-order valence-electron chi connectivity index (χ2n) is 6.06. The summed E-state index contributed by atoms with van der Waals surface area (Å²) in [5.74, 6) is -0.674. The second-order valence-corrected chi connectivity index (χ2v) is 9.68. The highest BCUT2D eigenvalue weighted by Crippen LogP contribution is 2.29. The summed E-state index contributed by atoms with van der Waals surface area (Å²) in [6, 6.07) is 7.84. The maximum atomic E-state index is 12.7. The van der Waals surface area contributed by atoms with Gasteiger partial charge in [-0.25, -0.2) is 16.8 Å². The molecule has 1 heterocycles. The van der Waals surface area contributed by atoms with Gasteiger partial charge in [0.25, 0.3) is 10.0 Å². The number of sulfonamides is 2. The smallest absolute Gasteiger partial charge is 0.312 e. The van der Waals surface area contributed by atoms with Crippen LogP contribution in [-0.4, -0.2) is 57.5 Å². The number of phenols is 1. The van der Waals surface area contributed by atoms with Gasteiger partial charge in [-0.1, -0.05) is 6.07 Å². The van der Waals surface area contributed by atoms with E-state index in [2.05, 4.69) is 4.72 Å². The first-order chi connectivity index (χ1) is 13.6. The van der Waals surface area contributed by atoms with Gasteiger partial charge in [-0.3, -0.25) is 14.8 Å². The molecule has 0 aromatic heterocycles. The number of aromatic hydroxyl groups is 1. The summed E-state index contributed by atoms with van der Waals surface area (Å²) in [5, 5.41) is 20.4. The maximum Gasteiger partial charge on any atom is 0.312 e. The number of nitrogens with one attached hydrogen (secondary N) is 1. The Labute approximate surface area is 166 Å². The number of hydrogen-bond donors (Lipinski definition) is 2. The summed E-state index contributed by atoms with van der Waals surface area (Å²) < 4.78 is 59.1. The SMILES string of the molecule is O=[N+]([O-])c1cc(S(=O)(=O)Nc2cccc(S(=O)(=O)N3CCOCC3)c2)ccc1O. The zero-order valence-electron chi connectivity index (χ0n) is 14.9. The molecule has 2 N–H and O–H groups in total. The molecule has 0 atom stereocenters. The van der Waals surface area contributed by atoms with Crippen molar-refractivity contribution >= 4 is 31.4 Å². The van der Waals surface area contributed by atoms with Crippen LogP contribution in [0.2, 0.25) is 0 Å². The number of nitro benzene ring substituents is 1. The largest absolute Gasteiger partial charge is 0.502 e. The molecule has 13 heteroatoms. The molecule has 0 spiro atoms. The number of hydrogen-bond acceptors (Lipinski definition) is 8. The lowest BCUT2D eigenvalue weighted by atomic mass is 10.3. The molecule has 0 radical (unpaired) electrons. The van der Waals surface area contributed by atoms with Crippen LogP contribution in [0.15, 0.2) is 52.3 Å². The average Bonchev–Trinajstić information content (AvgIpc) is 2.68. The normalized spacial score (nSPS) is 15.7. The molecule has 0 saturated carbocycles. The van der Waals surface area contributed by atoms with Crippen LogP contribution in [0.1, 0.15) is 0 Å². The number of anilines is 1. The number of ether oxygens (including phenoxy) is 1. The quantitative estimate of drug-likeness (QED) is 0.497. The van der Waals surface area contributed by atoms with Crippen LogP contribution in [-0.2, 0) is 24.8 Å². The average molecular weight is 443 g/mol. The monoisotopic (exact) mass is 443 g/mol. The minimum atomic E-state index is -4.27. The van der Waals surface area contributed by atoms with E-state index in [0.717, 1.165) is 18.2 Å². The zero-order chi connectivity index (χ0) is 21.2. The van der Waals surface area contributed by atoms with E-state index in [-0.39, 0.29) is 36.9 Å². The third-order valence-electron chi connectivity index (χ3n) is 4.15. The van der Waals surface area contributed by atoms with Gasteiger partial charge in [0.15, 0.2) is 5.75 Å².